The number of hydrogen-bond donors (Lipinski definition) is 0. The molecule has 1 aromatic heterocycles. The molecule has 0 spiro atoms. The molecule has 100 valence electrons. The molecule has 0 saturated carbocycles. The van der Waals surface area contributed by atoms with Crippen LogP contribution in [0.2, 0.25) is 0 Å². The van der Waals surface area contributed by atoms with Crippen molar-refractivity contribution in [1.29, 1.82) is 0 Å². The van der Waals surface area contributed by atoms with Crippen LogP contribution in [0.25, 0.3) is 22.3 Å². The number of ether oxygens (including phenoxy) is 1. The van der Waals surface area contributed by atoms with Crippen molar-refractivity contribution in [2.45, 2.75) is 0 Å². The first kappa shape index (κ1) is 12.4. The molecule has 0 aliphatic carbocycles. The molecule has 3 nitrogen and oxygen atoms in total. The summed E-state index contributed by atoms with van der Waals surface area (Å²) in [6, 6.07) is 11.3. The predicted molar refractivity (Wildman–Crippen MR) is 73.5 cm³/mol. The molecule has 0 aliphatic rings. The predicted octanol–water partition coefficient (Wildman–Crippen LogP) is 4.06. The Morgan fingerprint density at radius 3 is 2.70 bits per heavy atom. The van der Waals surface area contributed by atoms with Gasteiger partial charge in [0.05, 0.1) is 12.7 Å². The topological polar surface area (TPSA) is 39.4 Å². The second kappa shape index (κ2) is 4.81. The van der Waals surface area contributed by atoms with Crippen LogP contribution in [0.4, 0.5) is 4.39 Å². The zero-order valence-corrected chi connectivity index (χ0v) is 10.7. The molecular weight excluding hydrogens is 259 g/mol. The van der Waals surface area contributed by atoms with Gasteiger partial charge in [-0.25, -0.2) is 4.39 Å². The van der Waals surface area contributed by atoms with Gasteiger partial charge in [0.25, 0.3) is 0 Å². The van der Waals surface area contributed by atoms with Crippen LogP contribution in [0.5, 0.6) is 5.75 Å². The molecule has 1 heterocycles. The van der Waals surface area contributed by atoms with Crippen molar-refractivity contribution < 1.29 is 18.3 Å². The number of rotatable bonds is 3. The van der Waals surface area contributed by atoms with Crippen molar-refractivity contribution in [3.05, 3.63) is 53.8 Å². The largest absolute Gasteiger partial charge is 0.493 e. The zero-order valence-electron chi connectivity index (χ0n) is 10.7. The number of carbonyl (C=O) groups excluding carboxylic acids is 1. The summed E-state index contributed by atoms with van der Waals surface area (Å²) in [5, 5.41) is 0.609. The van der Waals surface area contributed by atoms with Gasteiger partial charge in [-0.05, 0) is 30.3 Å². The van der Waals surface area contributed by atoms with Gasteiger partial charge in [0.1, 0.15) is 11.6 Å². The minimum atomic E-state index is -0.377. The molecule has 2 aromatic carbocycles. The van der Waals surface area contributed by atoms with Gasteiger partial charge in [-0.1, -0.05) is 12.1 Å². The lowest BCUT2D eigenvalue weighted by Crippen LogP contribution is -1.86. The number of halogens is 1. The van der Waals surface area contributed by atoms with Crippen LogP contribution in [-0.4, -0.2) is 13.4 Å². The molecule has 3 rings (SSSR count). The Morgan fingerprint density at radius 2 is 2.00 bits per heavy atom. The van der Waals surface area contributed by atoms with E-state index in [9.17, 15) is 9.18 Å². The molecule has 0 fully saturated rings. The van der Waals surface area contributed by atoms with Gasteiger partial charge >= 0.3 is 0 Å². The first-order valence-corrected chi connectivity index (χ1v) is 6.05. The molecule has 4 heteroatoms. The fourth-order valence-corrected chi connectivity index (χ4v) is 2.18. The maximum atomic E-state index is 13.8. The van der Waals surface area contributed by atoms with Gasteiger partial charge in [-0.3, -0.25) is 4.79 Å². The fourth-order valence-electron chi connectivity index (χ4n) is 2.18. The second-order valence-corrected chi connectivity index (χ2v) is 4.31. The van der Waals surface area contributed by atoms with Crippen LogP contribution in [0.15, 0.2) is 46.9 Å². The number of aldehydes is 1. The summed E-state index contributed by atoms with van der Waals surface area (Å²) in [5.74, 6) is 0.497. The highest BCUT2D eigenvalue weighted by Crippen LogP contribution is 2.35. The summed E-state index contributed by atoms with van der Waals surface area (Å²) in [7, 11) is 1.51. The monoisotopic (exact) mass is 270 g/mol. The summed E-state index contributed by atoms with van der Waals surface area (Å²) in [6.07, 6.45) is 0.739. The molecule has 0 bridgehead atoms. The molecular formula is C16H11FO3. The Bertz CT molecular complexity index is 790. The van der Waals surface area contributed by atoms with Gasteiger partial charge < -0.3 is 9.15 Å². The molecule has 3 aromatic rings. The lowest BCUT2D eigenvalue weighted by Gasteiger charge is -2.01. The van der Waals surface area contributed by atoms with E-state index in [4.69, 9.17) is 9.15 Å². The molecule has 20 heavy (non-hydrogen) atoms. The van der Waals surface area contributed by atoms with Crippen LogP contribution in [0.3, 0.4) is 0 Å². The number of methoxy groups -OCH3 is 1. The number of benzene rings is 2. The van der Waals surface area contributed by atoms with Gasteiger partial charge in [0.15, 0.2) is 17.6 Å². The van der Waals surface area contributed by atoms with Crippen molar-refractivity contribution >= 4 is 17.3 Å². The summed E-state index contributed by atoms with van der Waals surface area (Å²) < 4.78 is 24.7. The number of fused-ring (bicyclic) bond motifs is 1. The Balaban J connectivity index is 2.30. The van der Waals surface area contributed by atoms with E-state index in [0.717, 1.165) is 6.29 Å². The third-order valence-electron chi connectivity index (χ3n) is 3.17. The van der Waals surface area contributed by atoms with Crippen molar-refractivity contribution in [3.8, 4) is 17.1 Å². The average molecular weight is 270 g/mol. The SMILES string of the molecule is COc1ccc(C=O)c2cc(-c3ccccc3F)oc12. The van der Waals surface area contributed by atoms with Crippen LogP contribution < -0.4 is 4.74 Å². The number of hydrogen-bond acceptors (Lipinski definition) is 3. The molecule has 0 amide bonds. The first-order chi connectivity index (χ1) is 9.74. The Hall–Kier alpha value is -2.62. The highest BCUT2D eigenvalue weighted by Gasteiger charge is 2.15. The van der Waals surface area contributed by atoms with Crippen molar-refractivity contribution in [2.75, 3.05) is 7.11 Å². The number of carbonyl (C=O) groups is 1. The molecule has 0 radical (unpaired) electrons. The summed E-state index contributed by atoms with van der Waals surface area (Å²) in [4.78, 5) is 11.1. The smallest absolute Gasteiger partial charge is 0.177 e. The normalized spacial score (nSPS) is 10.7. The average Bonchev–Trinajstić information content (AvgIpc) is 2.91. The Labute approximate surface area is 114 Å². The highest BCUT2D eigenvalue weighted by atomic mass is 19.1. The summed E-state index contributed by atoms with van der Waals surface area (Å²) >= 11 is 0. The highest BCUT2D eigenvalue weighted by molar-refractivity contribution is 6.00. The van der Waals surface area contributed by atoms with E-state index in [1.807, 2.05) is 0 Å². The van der Waals surface area contributed by atoms with Gasteiger partial charge in [0, 0.05) is 10.9 Å². The van der Waals surface area contributed by atoms with Crippen LogP contribution in [-0.2, 0) is 0 Å². The third-order valence-corrected chi connectivity index (χ3v) is 3.17. The Morgan fingerprint density at radius 1 is 1.20 bits per heavy atom. The van der Waals surface area contributed by atoms with E-state index < -0.39 is 0 Å². The van der Waals surface area contributed by atoms with Gasteiger partial charge in [0.2, 0.25) is 0 Å². The maximum absolute atomic E-state index is 13.8. The van der Waals surface area contributed by atoms with E-state index in [1.54, 1.807) is 36.4 Å². The minimum Gasteiger partial charge on any atom is -0.493 e. The van der Waals surface area contributed by atoms with Crippen LogP contribution in [0.1, 0.15) is 10.4 Å². The minimum absolute atomic E-state index is 0.350. The fraction of sp³-hybridized carbons (Fsp3) is 0.0625. The van der Waals surface area contributed by atoms with E-state index in [0.29, 0.717) is 33.6 Å². The summed E-state index contributed by atoms with van der Waals surface area (Å²) in [6.45, 7) is 0. The standard InChI is InChI=1S/C16H11FO3/c1-19-14-7-6-10(9-18)12-8-15(20-16(12)14)11-4-2-3-5-13(11)17/h2-9H,1H3. The van der Waals surface area contributed by atoms with E-state index in [-0.39, 0.29) is 5.82 Å². The van der Waals surface area contributed by atoms with Gasteiger partial charge in [-0.2, -0.15) is 0 Å². The van der Waals surface area contributed by atoms with Gasteiger partial charge in [-0.15, -0.1) is 0 Å². The number of furan rings is 1. The molecule has 0 saturated heterocycles. The lowest BCUT2D eigenvalue weighted by molar-refractivity contribution is 0.112. The third kappa shape index (κ3) is 1.86. The van der Waals surface area contributed by atoms with Crippen molar-refractivity contribution in [3.63, 3.8) is 0 Å². The lowest BCUT2D eigenvalue weighted by atomic mass is 10.1. The maximum Gasteiger partial charge on any atom is 0.177 e. The van der Waals surface area contributed by atoms with E-state index in [1.165, 1.54) is 13.2 Å². The van der Waals surface area contributed by atoms with E-state index >= 15 is 0 Å². The van der Waals surface area contributed by atoms with Crippen LogP contribution >= 0.6 is 0 Å². The Kier molecular flexibility index (Phi) is 2.99. The van der Waals surface area contributed by atoms with Crippen molar-refractivity contribution in [1.82, 2.24) is 0 Å². The zero-order chi connectivity index (χ0) is 14.1. The molecule has 0 unspecified atom stereocenters. The van der Waals surface area contributed by atoms with E-state index in [2.05, 4.69) is 0 Å². The van der Waals surface area contributed by atoms with Crippen molar-refractivity contribution in [2.24, 2.45) is 0 Å². The molecule has 0 aliphatic heterocycles. The molecule has 0 N–H and O–H groups in total. The van der Waals surface area contributed by atoms with Crippen LogP contribution in [0, 0.1) is 5.82 Å². The first-order valence-electron chi connectivity index (χ1n) is 6.05. The quantitative estimate of drug-likeness (QED) is 0.674. The molecule has 0 atom stereocenters. The summed E-state index contributed by atoms with van der Waals surface area (Å²) in [5.41, 5.74) is 1.27. The second-order valence-electron chi connectivity index (χ2n) is 4.31.